The Kier molecular flexibility index (Phi) is 5.46. The number of carbonyl (C=O) groups is 3. The molecule has 0 amide bonds. The van der Waals surface area contributed by atoms with E-state index in [2.05, 4.69) is 15.9 Å². The molecule has 0 aliphatic carbocycles. The maximum absolute atomic E-state index is 11.3. The first kappa shape index (κ1) is 16.4. The molecule has 0 saturated carbocycles. The summed E-state index contributed by atoms with van der Waals surface area (Å²) in [6.07, 6.45) is 0. The van der Waals surface area contributed by atoms with Gasteiger partial charge in [0, 0.05) is 25.2 Å². The average molecular weight is 361 g/mol. The second kappa shape index (κ2) is 6.66. The Morgan fingerprint density at radius 1 is 0.850 bits per heavy atom. The standard InChI is InChI=1S/C12H13BrO6Si/c1-8(14)17-20(18-9(2)15,19-10(3)16)12-6-4-11(13)5-7-12/h4-7H,1-3H3. The Hall–Kier alpha value is -1.67. The average Bonchev–Trinajstić information content (AvgIpc) is 2.26. The topological polar surface area (TPSA) is 78.9 Å². The van der Waals surface area contributed by atoms with Gasteiger partial charge in [-0.15, -0.1) is 0 Å². The molecule has 8 heteroatoms. The molecule has 1 aromatic rings. The predicted molar refractivity (Wildman–Crippen MR) is 74.8 cm³/mol. The molecule has 0 N–H and O–H groups in total. The molecular weight excluding hydrogens is 348 g/mol. The Morgan fingerprint density at radius 2 is 1.20 bits per heavy atom. The summed E-state index contributed by atoms with van der Waals surface area (Å²) in [5.74, 6) is -2.12. The number of halogens is 1. The molecule has 0 radical (unpaired) electrons. The fraction of sp³-hybridized carbons (Fsp3) is 0.250. The molecule has 20 heavy (non-hydrogen) atoms. The molecule has 0 atom stereocenters. The fourth-order valence-electron chi connectivity index (χ4n) is 1.46. The van der Waals surface area contributed by atoms with Crippen molar-refractivity contribution >= 4 is 47.8 Å². The van der Waals surface area contributed by atoms with Gasteiger partial charge >= 0.3 is 8.80 Å². The van der Waals surface area contributed by atoms with Crippen LogP contribution in [0, 0.1) is 0 Å². The Morgan fingerprint density at radius 3 is 1.50 bits per heavy atom. The SMILES string of the molecule is CC(=O)O[Si](OC(C)=O)(OC(C)=O)c1ccc(Br)cc1. The summed E-state index contributed by atoms with van der Waals surface area (Å²) >= 11 is 3.26. The minimum atomic E-state index is -3.95. The second-order valence-electron chi connectivity index (χ2n) is 3.84. The van der Waals surface area contributed by atoms with E-state index in [1.54, 1.807) is 24.3 Å². The Labute approximate surface area is 125 Å². The molecule has 0 fully saturated rings. The van der Waals surface area contributed by atoms with Crippen molar-refractivity contribution in [1.29, 1.82) is 0 Å². The summed E-state index contributed by atoms with van der Waals surface area (Å²) in [6, 6.07) is 6.44. The van der Waals surface area contributed by atoms with Crippen molar-refractivity contribution in [3.05, 3.63) is 28.7 Å². The summed E-state index contributed by atoms with van der Waals surface area (Å²) < 4.78 is 16.0. The number of hydrogen-bond donors (Lipinski definition) is 0. The maximum atomic E-state index is 11.3. The van der Waals surface area contributed by atoms with Gasteiger partial charge in [-0.2, -0.15) is 0 Å². The molecule has 0 aromatic heterocycles. The lowest BCUT2D eigenvalue weighted by Crippen LogP contribution is -2.59. The molecule has 0 saturated heterocycles. The van der Waals surface area contributed by atoms with Gasteiger partial charge in [-0.25, -0.2) is 0 Å². The zero-order valence-electron chi connectivity index (χ0n) is 11.1. The number of benzene rings is 1. The molecule has 1 rings (SSSR count). The molecule has 0 aliphatic heterocycles. The number of carbonyl (C=O) groups excluding carboxylic acids is 3. The van der Waals surface area contributed by atoms with Crippen molar-refractivity contribution in [2.45, 2.75) is 20.8 Å². The van der Waals surface area contributed by atoms with Crippen LogP contribution in [0.25, 0.3) is 0 Å². The molecule has 0 unspecified atom stereocenters. The third-order valence-corrected chi connectivity index (χ3v) is 5.27. The van der Waals surface area contributed by atoms with E-state index in [4.69, 9.17) is 13.3 Å². The van der Waals surface area contributed by atoms with E-state index < -0.39 is 26.7 Å². The van der Waals surface area contributed by atoms with Crippen LogP contribution < -0.4 is 5.19 Å². The molecule has 0 spiro atoms. The van der Waals surface area contributed by atoms with Crippen molar-refractivity contribution in [3.63, 3.8) is 0 Å². The summed E-state index contributed by atoms with van der Waals surface area (Å²) in [4.78, 5) is 33.8. The summed E-state index contributed by atoms with van der Waals surface area (Å²) in [7, 11) is -3.95. The van der Waals surface area contributed by atoms with Crippen LogP contribution in [-0.2, 0) is 27.7 Å². The van der Waals surface area contributed by atoms with Crippen LogP contribution in [-0.4, -0.2) is 26.7 Å². The molecule has 1 aromatic carbocycles. The quantitative estimate of drug-likeness (QED) is 0.752. The summed E-state index contributed by atoms with van der Waals surface area (Å²) in [5.41, 5.74) is 0. The number of rotatable bonds is 4. The lowest BCUT2D eigenvalue weighted by molar-refractivity contribution is -0.146. The number of hydrogen-bond acceptors (Lipinski definition) is 6. The van der Waals surface area contributed by atoms with Crippen molar-refractivity contribution in [3.8, 4) is 0 Å². The smallest absolute Gasteiger partial charge is 0.452 e. The lowest BCUT2D eigenvalue weighted by Gasteiger charge is -2.26. The zero-order chi connectivity index (χ0) is 15.3. The predicted octanol–water partition coefficient (Wildman–Crippen LogP) is 1.28. The van der Waals surface area contributed by atoms with E-state index in [0.29, 0.717) is 5.19 Å². The van der Waals surface area contributed by atoms with Crippen molar-refractivity contribution in [2.75, 3.05) is 0 Å². The molecule has 6 nitrogen and oxygen atoms in total. The second-order valence-corrected chi connectivity index (χ2v) is 7.06. The minimum absolute atomic E-state index is 0.335. The fourth-order valence-corrected chi connectivity index (χ4v) is 3.91. The van der Waals surface area contributed by atoms with Gasteiger partial charge in [0.2, 0.25) is 0 Å². The molecule has 0 bridgehead atoms. The normalized spacial score (nSPS) is 10.6. The Bertz CT molecular complexity index is 486. The Balaban J connectivity index is 3.32. The van der Waals surface area contributed by atoms with Crippen molar-refractivity contribution in [2.24, 2.45) is 0 Å². The van der Waals surface area contributed by atoms with Gasteiger partial charge in [-0.05, 0) is 12.1 Å². The molecule has 108 valence electrons. The lowest BCUT2D eigenvalue weighted by atomic mass is 10.4. The highest BCUT2D eigenvalue weighted by atomic mass is 79.9. The highest BCUT2D eigenvalue weighted by Gasteiger charge is 2.54. The van der Waals surface area contributed by atoms with Crippen LogP contribution in [0.3, 0.4) is 0 Å². The monoisotopic (exact) mass is 360 g/mol. The van der Waals surface area contributed by atoms with Gasteiger partial charge in [0.05, 0.1) is 5.19 Å². The summed E-state index contributed by atoms with van der Waals surface area (Å²) in [5, 5.41) is 0.335. The first-order chi connectivity index (χ1) is 9.25. The molecule has 0 aliphatic rings. The first-order valence-corrected chi connectivity index (χ1v) is 8.12. The van der Waals surface area contributed by atoms with Crippen LogP contribution >= 0.6 is 15.9 Å². The highest BCUT2D eigenvalue weighted by molar-refractivity contribution is 9.10. The van der Waals surface area contributed by atoms with Crippen molar-refractivity contribution < 1.29 is 27.7 Å². The van der Waals surface area contributed by atoms with E-state index in [1.807, 2.05) is 0 Å². The summed E-state index contributed by atoms with van der Waals surface area (Å²) in [6.45, 7) is 3.44. The van der Waals surface area contributed by atoms with Gasteiger partial charge in [-0.3, -0.25) is 14.4 Å². The van der Waals surface area contributed by atoms with Crippen molar-refractivity contribution in [1.82, 2.24) is 0 Å². The van der Waals surface area contributed by atoms with E-state index >= 15 is 0 Å². The third-order valence-electron chi connectivity index (χ3n) is 2.03. The maximum Gasteiger partial charge on any atom is 0.742 e. The van der Waals surface area contributed by atoms with E-state index in [0.717, 1.165) is 25.2 Å². The zero-order valence-corrected chi connectivity index (χ0v) is 13.7. The third kappa shape index (κ3) is 4.46. The highest BCUT2D eigenvalue weighted by Crippen LogP contribution is 2.15. The minimum Gasteiger partial charge on any atom is -0.452 e. The van der Waals surface area contributed by atoms with Crippen LogP contribution in [0.4, 0.5) is 0 Å². The molecular formula is C12H13BrO6Si. The largest absolute Gasteiger partial charge is 0.742 e. The van der Waals surface area contributed by atoms with Gasteiger partial charge in [0.25, 0.3) is 17.9 Å². The van der Waals surface area contributed by atoms with Gasteiger partial charge in [0.15, 0.2) is 0 Å². The van der Waals surface area contributed by atoms with Gasteiger partial charge in [0.1, 0.15) is 0 Å². The van der Waals surface area contributed by atoms with Crippen LogP contribution in [0.1, 0.15) is 20.8 Å². The molecule has 0 heterocycles. The van der Waals surface area contributed by atoms with Crippen LogP contribution in [0.15, 0.2) is 28.7 Å². The van der Waals surface area contributed by atoms with Crippen LogP contribution in [0.5, 0.6) is 0 Å². The first-order valence-electron chi connectivity index (χ1n) is 5.60. The van der Waals surface area contributed by atoms with E-state index in [1.165, 1.54) is 0 Å². The van der Waals surface area contributed by atoms with Gasteiger partial charge < -0.3 is 13.3 Å². The van der Waals surface area contributed by atoms with E-state index in [9.17, 15) is 14.4 Å². The van der Waals surface area contributed by atoms with Crippen LogP contribution in [0.2, 0.25) is 0 Å². The van der Waals surface area contributed by atoms with E-state index in [-0.39, 0.29) is 0 Å². The van der Waals surface area contributed by atoms with Gasteiger partial charge in [-0.1, -0.05) is 28.1 Å².